The van der Waals surface area contributed by atoms with Crippen LogP contribution in [0.25, 0.3) is 0 Å². The topological polar surface area (TPSA) is 103 Å². The van der Waals surface area contributed by atoms with Crippen molar-refractivity contribution in [2.75, 3.05) is 34.9 Å². The molecular weight excluding hydrogens is 324 g/mol. The molecule has 0 aliphatic rings. The van der Waals surface area contributed by atoms with Crippen LogP contribution in [0.2, 0.25) is 0 Å². The van der Waals surface area contributed by atoms with Crippen molar-refractivity contribution >= 4 is 16.0 Å². The Kier molecular flexibility index (Phi) is 6.79. The third kappa shape index (κ3) is 4.34. The molecule has 0 fully saturated rings. The SMILES string of the molecule is CNC(C)CNS(=O)(=O)c1ccc(OC)c(C(=O)OC)c1OC. The maximum atomic E-state index is 12.5. The largest absolute Gasteiger partial charge is 0.496 e. The first-order chi connectivity index (χ1) is 10.8. The highest BCUT2D eigenvalue weighted by atomic mass is 32.2. The molecule has 0 amide bonds. The summed E-state index contributed by atoms with van der Waals surface area (Å²) in [5, 5.41) is 2.92. The first kappa shape index (κ1) is 19.2. The molecular formula is C14H22N2O6S. The van der Waals surface area contributed by atoms with E-state index in [-0.39, 0.29) is 34.5 Å². The normalized spacial score (nSPS) is 12.6. The molecule has 0 saturated heterocycles. The number of nitrogens with one attached hydrogen (secondary N) is 2. The molecule has 0 aromatic heterocycles. The maximum absolute atomic E-state index is 12.5. The third-order valence-corrected chi connectivity index (χ3v) is 4.71. The predicted octanol–water partition coefficient (Wildman–Crippen LogP) is 0.377. The van der Waals surface area contributed by atoms with Crippen LogP contribution in [0.1, 0.15) is 17.3 Å². The fourth-order valence-corrected chi connectivity index (χ4v) is 3.14. The summed E-state index contributed by atoms with van der Waals surface area (Å²) in [5.74, 6) is -0.712. The average Bonchev–Trinajstić information content (AvgIpc) is 2.57. The van der Waals surface area contributed by atoms with Crippen molar-refractivity contribution in [2.24, 2.45) is 0 Å². The molecule has 0 aliphatic heterocycles. The minimum atomic E-state index is -3.88. The molecule has 1 aromatic carbocycles. The van der Waals surface area contributed by atoms with Crippen LogP contribution in [-0.2, 0) is 14.8 Å². The van der Waals surface area contributed by atoms with E-state index in [1.165, 1.54) is 33.5 Å². The Balaban J connectivity index is 3.39. The van der Waals surface area contributed by atoms with E-state index < -0.39 is 16.0 Å². The summed E-state index contributed by atoms with van der Waals surface area (Å²) >= 11 is 0. The van der Waals surface area contributed by atoms with E-state index in [1.807, 2.05) is 6.92 Å². The van der Waals surface area contributed by atoms with Gasteiger partial charge in [-0.1, -0.05) is 0 Å². The van der Waals surface area contributed by atoms with Crippen LogP contribution in [0.3, 0.4) is 0 Å². The van der Waals surface area contributed by atoms with E-state index in [4.69, 9.17) is 9.47 Å². The Hall–Kier alpha value is -1.84. The molecule has 0 heterocycles. The molecule has 0 radical (unpaired) electrons. The van der Waals surface area contributed by atoms with Crippen molar-refractivity contribution in [3.8, 4) is 11.5 Å². The second-order valence-corrected chi connectivity index (χ2v) is 6.44. The summed E-state index contributed by atoms with van der Waals surface area (Å²) in [7, 11) is 1.68. The third-order valence-electron chi connectivity index (χ3n) is 3.26. The van der Waals surface area contributed by atoms with Crippen molar-refractivity contribution < 1.29 is 27.4 Å². The number of esters is 1. The number of benzene rings is 1. The van der Waals surface area contributed by atoms with Crippen LogP contribution in [0, 0.1) is 0 Å². The Morgan fingerprint density at radius 2 is 1.87 bits per heavy atom. The summed E-state index contributed by atoms with van der Waals surface area (Å²) in [5.41, 5.74) is -0.0814. The lowest BCUT2D eigenvalue weighted by atomic mass is 10.1. The maximum Gasteiger partial charge on any atom is 0.345 e. The molecule has 1 unspecified atom stereocenters. The van der Waals surface area contributed by atoms with Crippen molar-refractivity contribution in [3.63, 3.8) is 0 Å². The minimum absolute atomic E-state index is 0.0610. The van der Waals surface area contributed by atoms with Crippen LogP contribution >= 0.6 is 0 Å². The number of methoxy groups -OCH3 is 3. The summed E-state index contributed by atoms with van der Waals surface area (Å²) in [6.45, 7) is 2.01. The van der Waals surface area contributed by atoms with Gasteiger partial charge in [-0.25, -0.2) is 17.9 Å². The van der Waals surface area contributed by atoms with Gasteiger partial charge < -0.3 is 19.5 Å². The van der Waals surface area contributed by atoms with E-state index in [0.717, 1.165) is 0 Å². The summed E-state index contributed by atoms with van der Waals surface area (Å²) < 4.78 is 42.3. The van der Waals surface area contributed by atoms with E-state index in [2.05, 4.69) is 14.8 Å². The Bertz CT molecular complexity index is 659. The van der Waals surface area contributed by atoms with Crippen LogP contribution in [0.15, 0.2) is 17.0 Å². The Morgan fingerprint density at radius 3 is 2.35 bits per heavy atom. The smallest absolute Gasteiger partial charge is 0.345 e. The van der Waals surface area contributed by atoms with Crippen LogP contribution < -0.4 is 19.5 Å². The number of hydrogen-bond donors (Lipinski definition) is 2. The number of hydrogen-bond acceptors (Lipinski definition) is 7. The van der Waals surface area contributed by atoms with Crippen molar-refractivity contribution in [2.45, 2.75) is 17.9 Å². The lowest BCUT2D eigenvalue weighted by molar-refractivity contribution is 0.0592. The monoisotopic (exact) mass is 346 g/mol. The molecule has 1 atom stereocenters. The minimum Gasteiger partial charge on any atom is -0.496 e. The second-order valence-electron chi connectivity index (χ2n) is 4.71. The van der Waals surface area contributed by atoms with Crippen LogP contribution in [0.4, 0.5) is 0 Å². The number of ether oxygens (including phenoxy) is 3. The zero-order chi connectivity index (χ0) is 17.6. The lowest BCUT2D eigenvalue weighted by Gasteiger charge is -2.17. The Labute approximate surface area is 136 Å². The van der Waals surface area contributed by atoms with Gasteiger partial charge in [0.05, 0.1) is 21.3 Å². The van der Waals surface area contributed by atoms with Gasteiger partial charge in [0.2, 0.25) is 10.0 Å². The van der Waals surface area contributed by atoms with Crippen molar-refractivity contribution in [1.82, 2.24) is 10.0 Å². The average molecular weight is 346 g/mol. The van der Waals surface area contributed by atoms with Crippen molar-refractivity contribution in [3.05, 3.63) is 17.7 Å². The molecule has 2 N–H and O–H groups in total. The number of rotatable bonds is 8. The molecule has 0 saturated carbocycles. The molecule has 1 rings (SSSR count). The molecule has 8 nitrogen and oxygen atoms in total. The highest BCUT2D eigenvalue weighted by Crippen LogP contribution is 2.35. The van der Waals surface area contributed by atoms with Crippen LogP contribution in [-0.4, -0.2) is 55.4 Å². The van der Waals surface area contributed by atoms with Gasteiger partial charge in [0, 0.05) is 12.6 Å². The lowest BCUT2D eigenvalue weighted by Crippen LogP contribution is -2.37. The van der Waals surface area contributed by atoms with E-state index in [9.17, 15) is 13.2 Å². The number of carbonyl (C=O) groups excluding carboxylic acids is 1. The number of sulfonamides is 1. The van der Waals surface area contributed by atoms with Gasteiger partial charge in [0.15, 0.2) is 5.75 Å². The van der Waals surface area contributed by atoms with Gasteiger partial charge in [-0.05, 0) is 26.1 Å². The van der Waals surface area contributed by atoms with Gasteiger partial charge in [-0.3, -0.25) is 0 Å². The van der Waals surface area contributed by atoms with Gasteiger partial charge in [-0.15, -0.1) is 0 Å². The molecule has 23 heavy (non-hydrogen) atoms. The molecule has 0 aliphatic carbocycles. The van der Waals surface area contributed by atoms with Gasteiger partial charge >= 0.3 is 5.97 Å². The van der Waals surface area contributed by atoms with E-state index in [0.29, 0.717) is 0 Å². The van der Waals surface area contributed by atoms with E-state index in [1.54, 1.807) is 7.05 Å². The van der Waals surface area contributed by atoms with Crippen molar-refractivity contribution in [1.29, 1.82) is 0 Å². The zero-order valence-electron chi connectivity index (χ0n) is 13.8. The number of likely N-dealkylation sites (N-methyl/N-ethyl adjacent to an activating group) is 1. The van der Waals surface area contributed by atoms with Gasteiger partial charge in [0.1, 0.15) is 16.2 Å². The fourth-order valence-electron chi connectivity index (χ4n) is 1.84. The zero-order valence-corrected chi connectivity index (χ0v) is 14.6. The highest BCUT2D eigenvalue weighted by Gasteiger charge is 2.28. The summed E-state index contributed by atoms with van der Waals surface area (Å²) in [6, 6.07) is 2.63. The van der Waals surface area contributed by atoms with Crippen LogP contribution in [0.5, 0.6) is 11.5 Å². The second kappa shape index (κ2) is 8.14. The number of carbonyl (C=O) groups is 1. The fraction of sp³-hybridized carbons (Fsp3) is 0.500. The molecule has 9 heteroatoms. The molecule has 0 spiro atoms. The molecule has 130 valence electrons. The highest BCUT2D eigenvalue weighted by molar-refractivity contribution is 7.89. The van der Waals surface area contributed by atoms with E-state index >= 15 is 0 Å². The Morgan fingerprint density at radius 1 is 1.22 bits per heavy atom. The summed E-state index contributed by atoms with van der Waals surface area (Å²) in [6.07, 6.45) is 0. The van der Waals surface area contributed by atoms with Gasteiger partial charge in [-0.2, -0.15) is 0 Å². The first-order valence-corrected chi connectivity index (χ1v) is 8.30. The first-order valence-electron chi connectivity index (χ1n) is 6.82. The quantitative estimate of drug-likeness (QED) is 0.656. The molecule has 1 aromatic rings. The molecule has 0 bridgehead atoms. The standard InChI is InChI=1S/C14H22N2O6S/c1-9(15-2)8-16-23(18,19)11-7-6-10(20-3)12(13(11)21-4)14(17)22-5/h6-7,9,15-16H,8H2,1-5H3. The predicted molar refractivity (Wildman–Crippen MR) is 84.6 cm³/mol. The van der Waals surface area contributed by atoms with Gasteiger partial charge in [0.25, 0.3) is 0 Å². The summed E-state index contributed by atoms with van der Waals surface area (Å²) in [4.78, 5) is 11.8.